The van der Waals surface area contributed by atoms with E-state index in [9.17, 15) is 4.79 Å². The van der Waals surface area contributed by atoms with Gasteiger partial charge in [0, 0.05) is 12.0 Å². The van der Waals surface area contributed by atoms with Crippen LogP contribution in [-0.4, -0.2) is 22.2 Å². The van der Waals surface area contributed by atoms with Crippen molar-refractivity contribution in [1.29, 1.82) is 0 Å². The lowest BCUT2D eigenvalue weighted by Crippen LogP contribution is -2.33. The number of ether oxygens (including phenoxy) is 1. The maximum absolute atomic E-state index is 10.7. The van der Waals surface area contributed by atoms with E-state index < -0.39 is 11.9 Å². The SMILES string of the molecule is C=C(C)C(=O)OC(O)(O)CC. The van der Waals surface area contributed by atoms with Gasteiger partial charge in [-0.25, -0.2) is 4.79 Å². The summed E-state index contributed by atoms with van der Waals surface area (Å²) in [7, 11) is 0. The van der Waals surface area contributed by atoms with Crippen molar-refractivity contribution >= 4 is 5.97 Å². The molecular formula is C7H12O4. The molecule has 0 heterocycles. The number of hydrogen-bond donors (Lipinski definition) is 2. The first-order valence-electron chi connectivity index (χ1n) is 3.22. The summed E-state index contributed by atoms with van der Waals surface area (Å²) >= 11 is 0. The van der Waals surface area contributed by atoms with E-state index in [1.807, 2.05) is 0 Å². The highest BCUT2D eigenvalue weighted by atomic mass is 16.8. The summed E-state index contributed by atoms with van der Waals surface area (Å²) in [5.41, 5.74) is 0.130. The fourth-order valence-corrected chi connectivity index (χ4v) is 0.308. The van der Waals surface area contributed by atoms with Crippen LogP contribution in [0.15, 0.2) is 12.2 Å². The van der Waals surface area contributed by atoms with Crippen molar-refractivity contribution in [3.8, 4) is 0 Å². The monoisotopic (exact) mass is 160 g/mol. The molecule has 0 bridgehead atoms. The summed E-state index contributed by atoms with van der Waals surface area (Å²) in [6, 6.07) is 0. The second-order valence-corrected chi connectivity index (χ2v) is 2.27. The predicted molar refractivity (Wildman–Crippen MR) is 38.4 cm³/mol. The molecule has 0 aliphatic carbocycles. The molecule has 0 aromatic carbocycles. The van der Waals surface area contributed by atoms with Gasteiger partial charge >= 0.3 is 11.9 Å². The minimum Gasteiger partial charge on any atom is -0.405 e. The second-order valence-electron chi connectivity index (χ2n) is 2.27. The van der Waals surface area contributed by atoms with Gasteiger partial charge in [0.1, 0.15) is 0 Å². The Balaban J connectivity index is 4.04. The van der Waals surface area contributed by atoms with Gasteiger partial charge in [0.05, 0.1) is 0 Å². The highest BCUT2D eigenvalue weighted by Gasteiger charge is 2.25. The smallest absolute Gasteiger partial charge is 0.337 e. The minimum absolute atomic E-state index is 0.0774. The molecule has 0 aromatic heterocycles. The van der Waals surface area contributed by atoms with Crippen molar-refractivity contribution in [2.24, 2.45) is 0 Å². The highest BCUT2D eigenvalue weighted by Crippen LogP contribution is 2.09. The molecule has 0 unspecified atom stereocenters. The molecular weight excluding hydrogens is 148 g/mol. The van der Waals surface area contributed by atoms with E-state index in [-0.39, 0.29) is 12.0 Å². The van der Waals surface area contributed by atoms with Gasteiger partial charge in [-0.05, 0) is 6.92 Å². The Morgan fingerprint density at radius 1 is 1.64 bits per heavy atom. The van der Waals surface area contributed by atoms with Crippen LogP contribution in [0.4, 0.5) is 0 Å². The van der Waals surface area contributed by atoms with E-state index in [1.165, 1.54) is 13.8 Å². The van der Waals surface area contributed by atoms with Gasteiger partial charge in [-0.1, -0.05) is 13.5 Å². The predicted octanol–water partition coefficient (Wildman–Crippen LogP) is 0.154. The van der Waals surface area contributed by atoms with E-state index >= 15 is 0 Å². The van der Waals surface area contributed by atoms with Crippen LogP contribution >= 0.6 is 0 Å². The molecule has 0 aliphatic rings. The van der Waals surface area contributed by atoms with Crippen molar-refractivity contribution in [3.05, 3.63) is 12.2 Å². The van der Waals surface area contributed by atoms with Crippen molar-refractivity contribution in [1.82, 2.24) is 0 Å². The molecule has 4 nitrogen and oxygen atoms in total. The van der Waals surface area contributed by atoms with Crippen molar-refractivity contribution in [2.45, 2.75) is 26.2 Å². The van der Waals surface area contributed by atoms with Gasteiger partial charge < -0.3 is 14.9 Å². The minimum atomic E-state index is -2.37. The maximum atomic E-state index is 10.7. The summed E-state index contributed by atoms with van der Waals surface area (Å²) in [5.74, 6) is -3.17. The normalized spacial score (nSPS) is 10.9. The van der Waals surface area contributed by atoms with Crippen LogP contribution in [0.2, 0.25) is 0 Å². The zero-order valence-corrected chi connectivity index (χ0v) is 6.63. The van der Waals surface area contributed by atoms with E-state index in [1.54, 1.807) is 0 Å². The Bertz CT molecular complexity index is 171. The van der Waals surface area contributed by atoms with Crippen LogP contribution in [-0.2, 0) is 9.53 Å². The number of carbonyl (C=O) groups is 1. The van der Waals surface area contributed by atoms with Crippen LogP contribution in [0.25, 0.3) is 0 Å². The first-order valence-corrected chi connectivity index (χ1v) is 3.22. The first kappa shape index (κ1) is 10.1. The summed E-state index contributed by atoms with van der Waals surface area (Å²) in [6.45, 7) is 6.18. The maximum Gasteiger partial charge on any atom is 0.337 e. The van der Waals surface area contributed by atoms with Gasteiger partial charge in [-0.3, -0.25) is 0 Å². The largest absolute Gasteiger partial charge is 0.405 e. The summed E-state index contributed by atoms with van der Waals surface area (Å²) in [5, 5.41) is 17.6. The lowest BCUT2D eigenvalue weighted by atomic mass is 10.3. The van der Waals surface area contributed by atoms with Crippen LogP contribution in [0.3, 0.4) is 0 Å². The molecule has 0 atom stereocenters. The molecule has 0 fully saturated rings. The lowest BCUT2D eigenvalue weighted by Gasteiger charge is -2.19. The molecule has 0 rings (SSSR count). The summed E-state index contributed by atoms with van der Waals surface area (Å²) in [6.07, 6.45) is -0.0774. The topological polar surface area (TPSA) is 66.8 Å². The zero-order chi connectivity index (χ0) is 9.07. The molecule has 2 N–H and O–H groups in total. The molecule has 11 heavy (non-hydrogen) atoms. The molecule has 0 spiro atoms. The number of aliphatic hydroxyl groups is 2. The highest BCUT2D eigenvalue weighted by molar-refractivity contribution is 5.87. The van der Waals surface area contributed by atoms with Crippen LogP contribution in [0.1, 0.15) is 20.3 Å². The Hall–Kier alpha value is -0.870. The van der Waals surface area contributed by atoms with Crippen molar-refractivity contribution < 1.29 is 19.7 Å². The van der Waals surface area contributed by atoms with Crippen molar-refractivity contribution in [3.63, 3.8) is 0 Å². The Labute approximate surface area is 65.1 Å². The third kappa shape index (κ3) is 3.75. The average molecular weight is 160 g/mol. The van der Waals surface area contributed by atoms with Crippen LogP contribution in [0, 0.1) is 0 Å². The van der Waals surface area contributed by atoms with Gasteiger partial charge in [-0.2, -0.15) is 0 Å². The fraction of sp³-hybridized carbons (Fsp3) is 0.571. The molecule has 0 saturated heterocycles. The van der Waals surface area contributed by atoms with Crippen LogP contribution in [0.5, 0.6) is 0 Å². The van der Waals surface area contributed by atoms with E-state index in [0.717, 1.165) is 0 Å². The summed E-state index contributed by atoms with van der Waals surface area (Å²) in [4.78, 5) is 10.7. The molecule has 4 heteroatoms. The molecule has 0 aliphatic heterocycles. The Morgan fingerprint density at radius 3 is 2.36 bits per heavy atom. The molecule has 0 amide bonds. The average Bonchev–Trinajstić information content (AvgIpc) is 1.87. The first-order chi connectivity index (χ1) is 4.89. The third-order valence-electron chi connectivity index (χ3n) is 1.07. The summed E-state index contributed by atoms with van der Waals surface area (Å²) < 4.78 is 4.22. The van der Waals surface area contributed by atoms with E-state index in [2.05, 4.69) is 11.3 Å². The van der Waals surface area contributed by atoms with Crippen molar-refractivity contribution in [2.75, 3.05) is 0 Å². The van der Waals surface area contributed by atoms with E-state index in [4.69, 9.17) is 10.2 Å². The third-order valence-corrected chi connectivity index (χ3v) is 1.07. The fourth-order valence-electron chi connectivity index (χ4n) is 0.308. The van der Waals surface area contributed by atoms with Gasteiger partial charge in [-0.15, -0.1) is 0 Å². The van der Waals surface area contributed by atoms with Gasteiger partial charge in [0.15, 0.2) is 0 Å². The van der Waals surface area contributed by atoms with Crippen LogP contribution < -0.4 is 0 Å². The quantitative estimate of drug-likeness (QED) is 0.350. The Kier molecular flexibility index (Phi) is 3.22. The molecule has 0 saturated carbocycles. The lowest BCUT2D eigenvalue weighted by molar-refractivity contribution is -0.317. The second kappa shape index (κ2) is 3.50. The number of carbonyl (C=O) groups excluding carboxylic acids is 1. The number of hydrogen-bond acceptors (Lipinski definition) is 4. The molecule has 0 radical (unpaired) electrons. The van der Waals surface area contributed by atoms with E-state index in [0.29, 0.717) is 0 Å². The number of rotatable bonds is 3. The number of esters is 1. The standard InChI is InChI=1S/C7H12O4/c1-4-7(9,10)11-6(8)5(2)3/h9-10H,2,4H2,1,3H3. The van der Waals surface area contributed by atoms with Gasteiger partial charge in [0.2, 0.25) is 0 Å². The molecule has 64 valence electrons. The van der Waals surface area contributed by atoms with Gasteiger partial charge in [0.25, 0.3) is 0 Å². The zero-order valence-electron chi connectivity index (χ0n) is 6.63. The Morgan fingerprint density at radius 2 is 2.09 bits per heavy atom. The molecule has 0 aromatic rings.